The lowest BCUT2D eigenvalue weighted by molar-refractivity contribution is 0.201. The Morgan fingerprint density at radius 1 is 1.18 bits per heavy atom. The van der Waals surface area contributed by atoms with Gasteiger partial charge in [0.2, 0.25) is 0 Å². The molecular formula is C15H23NO. The quantitative estimate of drug-likeness (QED) is 0.845. The number of phenolic OH excluding ortho intramolecular Hbond substituents is 1. The van der Waals surface area contributed by atoms with Crippen molar-refractivity contribution < 1.29 is 5.11 Å². The predicted molar refractivity (Wildman–Crippen MR) is 71.5 cm³/mol. The molecule has 1 atom stereocenters. The van der Waals surface area contributed by atoms with Gasteiger partial charge in [0, 0.05) is 6.04 Å². The molecule has 0 saturated heterocycles. The number of aromatic hydroxyl groups is 1. The van der Waals surface area contributed by atoms with Gasteiger partial charge in [-0.2, -0.15) is 0 Å². The molecule has 2 nitrogen and oxygen atoms in total. The number of hydrogen-bond acceptors (Lipinski definition) is 2. The zero-order valence-electron chi connectivity index (χ0n) is 10.9. The van der Waals surface area contributed by atoms with Gasteiger partial charge < -0.3 is 5.11 Å². The van der Waals surface area contributed by atoms with Crippen LogP contribution in [0.15, 0.2) is 18.2 Å². The highest BCUT2D eigenvalue weighted by atomic mass is 16.3. The smallest absolute Gasteiger partial charge is 0.119 e. The van der Waals surface area contributed by atoms with Crippen LogP contribution < -0.4 is 0 Å². The summed E-state index contributed by atoms with van der Waals surface area (Å²) in [7, 11) is 0. The van der Waals surface area contributed by atoms with E-state index in [1.807, 2.05) is 12.1 Å². The number of rotatable bonds is 5. The van der Waals surface area contributed by atoms with Gasteiger partial charge in [-0.3, -0.25) is 4.90 Å². The van der Waals surface area contributed by atoms with Gasteiger partial charge in [0.1, 0.15) is 5.75 Å². The van der Waals surface area contributed by atoms with Gasteiger partial charge in [-0.15, -0.1) is 0 Å². The lowest BCUT2D eigenvalue weighted by atomic mass is 10.1. The number of benzene rings is 1. The fourth-order valence-electron chi connectivity index (χ4n) is 2.92. The lowest BCUT2D eigenvalue weighted by Crippen LogP contribution is -2.37. The zero-order valence-corrected chi connectivity index (χ0v) is 10.9. The van der Waals surface area contributed by atoms with Crippen molar-refractivity contribution in [1.82, 2.24) is 4.90 Å². The van der Waals surface area contributed by atoms with E-state index in [0.29, 0.717) is 11.8 Å². The summed E-state index contributed by atoms with van der Waals surface area (Å²) in [6, 6.07) is 6.52. The van der Waals surface area contributed by atoms with Crippen LogP contribution in [0.1, 0.15) is 37.8 Å². The Hall–Kier alpha value is -1.02. The Kier molecular flexibility index (Phi) is 4.06. The second kappa shape index (κ2) is 5.54. The molecule has 0 unspecified atom stereocenters. The van der Waals surface area contributed by atoms with Crippen molar-refractivity contribution in [3.63, 3.8) is 0 Å². The fraction of sp³-hybridized carbons (Fsp3) is 0.600. The van der Waals surface area contributed by atoms with Gasteiger partial charge in [0.25, 0.3) is 0 Å². The van der Waals surface area contributed by atoms with E-state index in [2.05, 4.69) is 24.8 Å². The molecule has 2 rings (SSSR count). The van der Waals surface area contributed by atoms with Crippen LogP contribution in [-0.4, -0.2) is 29.1 Å². The van der Waals surface area contributed by atoms with Crippen molar-refractivity contribution in [2.24, 2.45) is 0 Å². The monoisotopic (exact) mass is 233 g/mol. The first kappa shape index (κ1) is 12.4. The van der Waals surface area contributed by atoms with E-state index in [9.17, 15) is 5.11 Å². The Morgan fingerprint density at radius 3 is 2.47 bits per heavy atom. The van der Waals surface area contributed by atoms with Gasteiger partial charge in [-0.25, -0.2) is 0 Å². The summed E-state index contributed by atoms with van der Waals surface area (Å²) in [6.07, 6.45) is 4.53. The summed E-state index contributed by atoms with van der Waals surface area (Å²) in [4.78, 5) is 2.58. The van der Waals surface area contributed by atoms with Crippen molar-refractivity contribution >= 4 is 0 Å². The highest BCUT2D eigenvalue weighted by molar-refractivity contribution is 5.43. The first-order chi connectivity index (χ1) is 8.26. The summed E-state index contributed by atoms with van der Waals surface area (Å²) < 4.78 is 0. The van der Waals surface area contributed by atoms with E-state index in [1.165, 1.54) is 37.1 Å². The summed E-state index contributed by atoms with van der Waals surface area (Å²) in [5.41, 5.74) is 2.52. The first-order valence-corrected chi connectivity index (χ1v) is 6.80. The fourth-order valence-corrected chi connectivity index (χ4v) is 2.92. The summed E-state index contributed by atoms with van der Waals surface area (Å²) in [5.74, 6) is 0.484. The third-order valence-electron chi connectivity index (χ3n) is 3.68. The number of phenols is 1. The Bertz CT molecular complexity index is 369. The maximum atomic E-state index is 9.87. The maximum Gasteiger partial charge on any atom is 0.119 e. The molecule has 0 saturated carbocycles. The topological polar surface area (TPSA) is 23.5 Å². The highest BCUT2D eigenvalue weighted by Crippen LogP contribution is 2.32. The highest BCUT2D eigenvalue weighted by Gasteiger charge is 2.27. The molecule has 0 spiro atoms. The van der Waals surface area contributed by atoms with Crippen molar-refractivity contribution in [1.29, 1.82) is 0 Å². The molecule has 0 heterocycles. The minimum atomic E-state index is 0.484. The molecule has 1 aliphatic rings. The minimum Gasteiger partial charge on any atom is -0.508 e. The lowest BCUT2D eigenvalue weighted by Gasteiger charge is -2.27. The van der Waals surface area contributed by atoms with Crippen LogP contribution in [0.4, 0.5) is 0 Å². The molecule has 0 radical (unpaired) electrons. The SMILES string of the molecule is CCCN(CCC)[C@@H]1Cc2cccc(O)c2C1. The summed E-state index contributed by atoms with van der Waals surface area (Å²) >= 11 is 0. The van der Waals surface area contributed by atoms with Crippen molar-refractivity contribution in [3.05, 3.63) is 29.3 Å². The van der Waals surface area contributed by atoms with Crippen molar-refractivity contribution in [2.75, 3.05) is 13.1 Å². The van der Waals surface area contributed by atoms with Crippen molar-refractivity contribution in [2.45, 2.75) is 45.6 Å². The number of fused-ring (bicyclic) bond motifs is 1. The van der Waals surface area contributed by atoms with E-state index >= 15 is 0 Å². The molecule has 1 aromatic rings. The Labute approximate surface area is 104 Å². The maximum absolute atomic E-state index is 9.87. The average molecular weight is 233 g/mol. The van der Waals surface area contributed by atoms with Gasteiger partial charge >= 0.3 is 0 Å². The molecule has 1 aromatic carbocycles. The van der Waals surface area contributed by atoms with Crippen molar-refractivity contribution in [3.8, 4) is 5.75 Å². The molecular weight excluding hydrogens is 210 g/mol. The van der Waals surface area contributed by atoms with Crippen LogP contribution in [0.2, 0.25) is 0 Å². The van der Waals surface area contributed by atoms with E-state index in [4.69, 9.17) is 0 Å². The number of nitrogens with zero attached hydrogens (tertiary/aromatic N) is 1. The van der Waals surface area contributed by atoms with E-state index in [0.717, 1.165) is 12.8 Å². The van der Waals surface area contributed by atoms with Gasteiger partial charge in [-0.1, -0.05) is 26.0 Å². The Morgan fingerprint density at radius 2 is 1.88 bits per heavy atom. The second-order valence-electron chi connectivity index (χ2n) is 5.01. The average Bonchev–Trinajstić information content (AvgIpc) is 2.74. The standard InChI is InChI=1S/C15H23NO/c1-3-8-16(9-4-2)13-10-12-6-5-7-15(17)14(12)11-13/h5-7,13,17H,3-4,8-11H2,1-2H3/t13-/m1/s1. The molecule has 2 heteroatoms. The Balaban J connectivity index is 2.09. The molecule has 94 valence electrons. The van der Waals surface area contributed by atoms with Crippen LogP contribution in [0, 0.1) is 0 Å². The van der Waals surface area contributed by atoms with Crippen LogP contribution in [0.5, 0.6) is 5.75 Å². The molecule has 0 aliphatic heterocycles. The molecule has 1 N–H and O–H groups in total. The van der Waals surface area contributed by atoms with Gasteiger partial charge in [0.15, 0.2) is 0 Å². The first-order valence-electron chi connectivity index (χ1n) is 6.80. The normalized spacial score (nSPS) is 18.6. The van der Waals surface area contributed by atoms with Crippen LogP contribution in [-0.2, 0) is 12.8 Å². The summed E-state index contributed by atoms with van der Waals surface area (Å²) in [6.45, 7) is 6.82. The van der Waals surface area contributed by atoms with E-state index in [-0.39, 0.29) is 0 Å². The summed E-state index contributed by atoms with van der Waals surface area (Å²) in [5, 5.41) is 9.87. The van der Waals surface area contributed by atoms with E-state index < -0.39 is 0 Å². The second-order valence-corrected chi connectivity index (χ2v) is 5.01. The van der Waals surface area contributed by atoms with Gasteiger partial charge in [0.05, 0.1) is 0 Å². The molecule has 0 amide bonds. The molecule has 1 aliphatic carbocycles. The van der Waals surface area contributed by atoms with Gasteiger partial charge in [-0.05, 0) is 56.0 Å². The molecule has 17 heavy (non-hydrogen) atoms. The molecule has 0 aromatic heterocycles. The largest absolute Gasteiger partial charge is 0.508 e. The van der Waals surface area contributed by atoms with E-state index in [1.54, 1.807) is 0 Å². The third-order valence-corrected chi connectivity index (χ3v) is 3.68. The number of hydrogen-bond donors (Lipinski definition) is 1. The minimum absolute atomic E-state index is 0.484. The third kappa shape index (κ3) is 2.63. The van der Waals surface area contributed by atoms with Crippen LogP contribution in [0.25, 0.3) is 0 Å². The molecule has 0 bridgehead atoms. The predicted octanol–water partition coefficient (Wildman–Crippen LogP) is 2.98. The van der Waals surface area contributed by atoms with Crippen LogP contribution in [0.3, 0.4) is 0 Å². The van der Waals surface area contributed by atoms with Crippen LogP contribution >= 0.6 is 0 Å². The zero-order chi connectivity index (χ0) is 12.3. The molecule has 0 fully saturated rings.